The van der Waals surface area contributed by atoms with Gasteiger partial charge in [0, 0.05) is 32.7 Å². The van der Waals surface area contributed by atoms with Gasteiger partial charge in [0.1, 0.15) is 0 Å². The molecule has 0 N–H and O–H groups in total. The summed E-state index contributed by atoms with van der Waals surface area (Å²) in [4.78, 5) is 19.8. The molecule has 5 nitrogen and oxygen atoms in total. The lowest BCUT2D eigenvalue weighted by molar-refractivity contribution is -0.136. The summed E-state index contributed by atoms with van der Waals surface area (Å²) in [5.74, 6) is 0.505. The van der Waals surface area contributed by atoms with Crippen LogP contribution in [0.15, 0.2) is 30.3 Å². The van der Waals surface area contributed by atoms with Crippen LogP contribution >= 0.6 is 0 Å². The van der Waals surface area contributed by atoms with Gasteiger partial charge in [-0.3, -0.25) is 9.69 Å². The normalized spacial score (nSPS) is 31.1. The van der Waals surface area contributed by atoms with E-state index >= 15 is 0 Å². The van der Waals surface area contributed by atoms with Gasteiger partial charge in [0.2, 0.25) is 5.91 Å². The van der Waals surface area contributed by atoms with Crippen molar-refractivity contribution in [2.75, 3.05) is 46.4 Å². The van der Waals surface area contributed by atoms with Crippen LogP contribution in [0.3, 0.4) is 0 Å². The number of amides is 1. The van der Waals surface area contributed by atoms with E-state index in [1.54, 1.807) is 0 Å². The number of likely N-dealkylation sites (tertiary alicyclic amines) is 2. The fraction of sp³-hybridized carbons (Fsp3) is 0.650. The summed E-state index contributed by atoms with van der Waals surface area (Å²) in [5.41, 5.74) is 1.34. The third-order valence-corrected chi connectivity index (χ3v) is 5.93. The van der Waals surface area contributed by atoms with Gasteiger partial charge in [-0.25, -0.2) is 0 Å². The fourth-order valence-corrected chi connectivity index (χ4v) is 4.58. The molecule has 3 fully saturated rings. The van der Waals surface area contributed by atoms with Crippen molar-refractivity contribution < 1.29 is 9.53 Å². The average molecular weight is 343 g/mol. The van der Waals surface area contributed by atoms with Gasteiger partial charge in [-0.2, -0.15) is 0 Å². The molecule has 4 rings (SSSR count). The highest BCUT2D eigenvalue weighted by molar-refractivity contribution is 5.79. The van der Waals surface area contributed by atoms with Crippen LogP contribution in [0.2, 0.25) is 0 Å². The number of carbonyl (C=O) groups excluding carboxylic acids is 1. The van der Waals surface area contributed by atoms with Gasteiger partial charge in [0.05, 0.1) is 24.7 Å². The van der Waals surface area contributed by atoms with E-state index in [2.05, 4.69) is 52.1 Å². The standard InChI is InChI=1S/C20H29N3O2/c1-21-9-5-8-17(13-21)20(24)23-14-18-19(15-23)25-11-10-22(18)12-16-6-3-2-4-7-16/h2-4,6-7,17-19H,5,8-15H2,1H3/t17-,18-,19+/m0/s1. The fourth-order valence-electron chi connectivity index (χ4n) is 4.58. The van der Waals surface area contributed by atoms with E-state index in [-0.39, 0.29) is 12.0 Å². The number of nitrogens with zero attached hydrogens (tertiary/aromatic N) is 3. The zero-order chi connectivity index (χ0) is 17.2. The quantitative estimate of drug-likeness (QED) is 0.832. The summed E-state index contributed by atoms with van der Waals surface area (Å²) in [6, 6.07) is 10.9. The van der Waals surface area contributed by atoms with Crippen LogP contribution in [0.25, 0.3) is 0 Å². The summed E-state index contributed by atoms with van der Waals surface area (Å²) >= 11 is 0. The van der Waals surface area contributed by atoms with Gasteiger partial charge in [0.15, 0.2) is 0 Å². The van der Waals surface area contributed by atoms with Crippen LogP contribution in [0, 0.1) is 5.92 Å². The molecular formula is C20H29N3O2. The molecule has 1 aromatic carbocycles. The minimum atomic E-state index is 0.168. The summed E-state index contributed by atoms with van der Waals surface area (Å²) in [5, 5.41) is 0. The number of carbonyl (C=O) groups is 1. The Hall–Kier alpha value is -1.43. The second kappa shape index (κ2) is 7.44. The van der Waals surface area contributed by atoms with E-state index in [1.165, 1.54) is 5.56 Å². The maximum atomic E-state index is 13.0. The monoisotopic (exact) mass is 343 g/mol. The third kappa shape index (κ3) is 3.73. The predicted octanol–water partition coefficient (Wildman–Crippen LogP) is 1.44. The molecule has 3 atom stereocenters. The molecule has 5 heteroatoms. The second-order valence-corrected chi connectivity index (χ2v) is 7.78. The molecule has 3 aliphatic heterocycles. The Balaban J connectivity index is 1.41. The highest BCUT2D eigenvalue weighted by atomic mass is 16.5. The number of benzene rings is 1. The Labute approximate surface area is 150 Å². The van der Waals surface area contributed by atoms with Crippen molar-refractivity contribution in [1.82, 2.24) is 14.7 Å². The molecular weight excluding hydrogens is 314 g/mol. The molecule has 0 radical (unpaired) electrons. The minimum absolute atomic E-state index is 0.168. The van der Waals surface area contributed by atoms with Crippen molar-refractivity contribution in [3.8, 4) is 0 Å². The van der Waals surface area contributed by atoms with E-state index in [1.807, 2.05) is 0 Å². The van der Waals surface area contributed by atoms with Gasteiger partial charge in [-0.15, -0.1) is 0 Å². The molecule has 0 aliphatic carbocycles. The molecule has 1 amide bonds. The van der Waals surface area contributed by atoms with Crippen LogP contribution in [0.1, 0.15) is 18.4 Å². The van der Waals surface area contributed by atoms with Crippen LogP contribution in [-0.4, -0.2) is 79.1 Å². The molecule has 136 valence electrons. The lowest BCUT2D eigenvalue weighted by Crippen LogP contribution is -2.50. The van der Waals surface area contributed by atoms with Gasteiger partial charge >= 0.3 is 0 Å². The molecule has 3 aliphatic rings. The number of morpholine rings is 1. The van der Waals surface area contributed by atoms with Gasteiger partial charge in [0.25, 0.3) is 0 Å². The molecule has 25 heavy (non-hydrogen) atoms. The predicted molar refractivity (Wildman–Crippen MR) is 97.2 cm³/mol. The first-order valence-corrected chi connectivity index (χ1v) is 9.57. The van der Waals surface area contributed by atoms with Crippen molar-refractivity contribution >= 4 is 5.91 Å². The summed E-state index contributed by atoms with van der Waals surface area (Å²) in [6.45, 7) is 6.25. The van der Waals surface area contributed by atoms with Crippen molar-refractivity contribution in [3.05, 3.63) is 35.9 Å². The summed E-state index contributed by atoms with van der Waals surface area (Å²) < 4.78 is 6.01. The highest BCUT2D eigenvalue weighted by Crippen LogP contribution is 2.27. The topological polar surface area (TPSA) is 36.0 Å². The SMILES string of the molecule is CN1CCC[C@H](C(=O)N2C[C@H]3OCCN(Cc4ccccc4)[C@H]3C2)C1. The van der Waals surface area contributed by atoms with Gasteiger partial charge < -0.3 is 14.5 Å². The molecule has 0 spiro atoms. The van der Waals surface area contributed by atoms with E-state index in [0.717, 1.165) is 58.7 Å². The van der Waals surface area contributed by atoms with Crippen molar-refractivity contribution in [3.63, 3.8) is 0 Å². The first-order valence-electron chi connectivity index (χ1n) is 9.57. The van der Waals surface area contributed by atoms with E-state index < -0.39 is 0 Å². The van der Waals surface area contributed by atoms with E-state index in [9.17, 15) is 4.79 Å². The molecule has 0 saturated carbocycles. The van der Waals surface area contributed by atoms with Crippen molar-refractivity contribution in [2.45, 2.75) is 31.5 Å². The smallest absolute Gasteiger partial charge is 0.227 e. The van der Waals surface area contributed by atoms with E-state index in [4.69, 9.17) is 4.74 Å². The number of ether oxygens (including phenoxy) is 1. The molecule has 1 aromatic rings. The van der Waals surface area contributed by atoms with Crippen LogP contribution in [0.4, 0.5) is 0 Å². The third-order valence-electron chi connectivity index (χ3n) is 5.93. The van der Waals surface area contributed by atoms with Gasteiger partial charge in [-0.05, 0) is 32.0 Å². The second-order valence-electron chi connectivity index (χ2n) is 7.78. The Bertz CT molecular complexity index is 594. The number of rotatable bonds is 3. The first-order chi connectivity index (χ1) is 12.2. The lowest BCUT2D eigenvalue weighted by Gasteiger charge is -2.36. The summed E-state index contributed by atoms with van der Waals surface area (Å²) in [6.07, 6.45) is 2.33. The summed E-state index contributed by atoms with van der Waals surface area (Å²) in [7, 11) is 2.12. The molecule has 3 heterocycles. The van der Waals surface area contributed by atoms with Crippen LogP contribution in [-0.2, 0) is 16.1 Å². The van der Waals surface area contributed by atoms with Gasteiger partial charge in [-0.1, -0.05) is 30.3 Å². The Morgan fingerprint density at radius 2 is 2.00 bits per heavy atom. The molecule has 3 saturated heterocycles. The maximum Gasteiger partial charge on any atom is 0.227 e. The lowest BCUT2D eigenvalue weighted by atomic mass is 9.97. The Morgan fingerprint density at radius 1 is 1.16 bits per heavy atom. The average Bonchev–Trinajstić information content (AvgIpc) is 3.07. The Kier molecular flexibility index (Phi) is 5.06. The minimum Gasteiger partial charge on any atom is -0.373 e. The first kappa shape index (κ1) is 17.0. The van der Waals surface area contributed by atoms with Crippen LogP contribution in [0.5, 0.6) is 0 Å². The largest absolute Gasteiger partial charge is 0.373 e. The highest BCUT2D eigenvalue weighted by Gasteiger charge is 2.43. The zero-order valence-corrected chi connectivity index (χ0v) is 15.1. The molecule has 0 bridgehead atoms. The van der Waals surface area contributed by atoms with Crippen molar-refractivity contribution in [1.29, 1.82) is 0 Å². The Morgan fingerprint density at radius 3 is 2.80 bits per heavy atom. The molecule has 0 unspecified atom stereocenters. The number of hydrogen-bond acceptors (Lipinski definition) is 4. The van der Waals surface area contributed by atoms with E-state index in [0.29, 0.717) is 11.9 Å². The number of hydrogen-bond donors (Lipinski definition) is 0. The number of piperidine rings is 1. The zero-order valence-electron chi connectivity index (χ0n) is 15.1. The molecule has 0 aromatic heterocycles. The van der Waals surface area contributed by atoms with Crippen LogP contribution < -0.4 is 0 Å². The maximum absolute atomic E-state index is 13.0. The number of fused-ring (bicyclic) bond motifs is 1. The van der Waals surface area contributed by atoms with Crippen molar-refractivity contribution in [2.24, 2.45) is 5.92 Å².